The number of rotatable bonds is 11. The third-order valence-corrected chi connectivity index (χ3v) is 3.54. The van der Waals surface area contributed by atoms with E-state index in [1.54, 1.807) is 18.2 Å². The van der Waals surface area contributed by atoms with Gasteiger partial charge in [0.2, 0.25) is 0 Å². The Morgan fingerprint density at radius 3 is 2.58 bits per heavy atom. The number of carbonyl (C=O) groups excluding carboxylic acids is 1. The molecule has 7 nitrogen and oxygen atoms in total. The first-order valence-corrected chi connectivity index (χ1v) is 9.20. The fourth-order valence-corrected chi connectivity index (χ4v) is 2.10. The molecule has 146 valence electrons. The molecule has 0 aliphatic carbocycles. The number of hydrogen-bond acceptors (Lipinski definition) is 4. The molecule has 0 atom stereocenters. The van der Waals surface area contributed by atoms with Gasteiger partial charge in [-0.05, 0) is 31.4 Å². The highest BCUT2D eigenvalue weighted by atomic mass is 16.5. The van der Waals surface area contributed by atoms with Crippen molar-refractivity contribution in [3.63, 3.8) is 0 Å². The predicted molar refractivity (Wildman–Crippen MR) is 105 cm³/mol. The van der Waals surface area contributed by atoms with Crippen LogP contribution >= 0.6 is 0 Å². The minimum absolute atomic E-state index is 0.0228. The predicted octanol–water partition coefficient (Wildman–Crippen LogP) is 1.74. The van der Waals surface area contributed by atoms with Gasteiger partial charge in [0.25, 0.3) is 5.91 Å². The minimum atomic E-state index is -0.301. The van der Waals surface area contributed by atoms with Crippen molar-refractivity contribution in [2.24, 2.45) is 10.9 Å². The molecule has 0 aliphatic rings. The van der Waals surface area contributed by atoms with Crippen LogP contribution in [0.1, 0.15) is 37.6 Å². The SMILES string of the molecule is CCNC(=NCCOCCC(C)C)NCCNC(=O)c1ccccc1O. The number of hydrogen-bond donors (Lipinski definition) is 4. The number of ether oxygens (including phenoxy) is 1. The molecule has 4 N–H and O–H groups in total. The molecule has 0 aromatic heterocycles. The molecule has 0 radical (unpaired) electrons. The molecule has 7 heteroatoms. The van der Waals surface area contributed by atoms with Crippen LogP contribution in [0.3, 0.4) is 0 Å². The number of guanidine groups is 1. The van der Waals surface area contributed by atoms with Crippen molar-refractivity contribution in [1.29, 1.82) is 0 Å². The maximum atomic E-state index is 12.0. The molecule has 26 heavy (non-hydrogen) atoms. The van der Waals surface area contributed by atoms with Crippen LogP contribution in [0.15, 0.2) is 29.3 Å². The van der Waals surface area contributed by atoms with Crippen LogP contribution < -0.4 is 16.0 Å². The molecule has 1 aromatic carbocycles. The molecule has 1 rings (SSSR count). The van der Waals surface area contributed by atoms with E-state index in [9.17, 15) is 9.90 Å². The lowest BCUT2D eigenvalue weighted by molar-refractivity contribution is 0.0951. The molecule has 0 heterocycles. The number of phenolic OH excluding ortho intramolecular Hbond substituents is 1. The van der Waals surface area contributed by atoms with E-state index in [2.05, 4.69) is 34.8 Å². The van der Waals surface area contributed by atoms with Crippen LogP contribution in [0.2, 0.25) is 0 Å². The highest BCUT2D eigenvalue weighted by Gasteiger charge is 2.09. The third-order valence-electron chi connectivity index (χ3n) is 3.54. The molecule has 0 saturated carbocycles. The summed E-state index contributed by atoms with van der Waals surface area (Å²) < 4.78 is 5.55. The van der Waals surface area contributed by atoms with E-state index >= 15 is 0 Å². The Morgan fingerprint density at radius 2 is 1.88 bits per heavy atom. The van der Waals surface area contributed by atoms with Gasteiger partial charge in [0.05, 0.1) is 18.7 Å². The molecular weight excluding hydrogens is 332 g/mol. The van der Waals surface area contributed by atoms with Crippen molar-refractivity contribution in [3.05, 3.63) is 29.8 Å². The fourth-order valence-electron chi connectivity index (χ4n) is 2.10. The first-order chi connectivity index (χ1) is 12.5. The maximum Gasteiger partial charge on any atom is 0.255 e. The average Bonchev–Trinajstić information content (AvgIpc) is 2.61. The number of nitrogens with one attached hydrogen (secondary N) is 3. The number of benzene rings is 1. The summed E-state index contributed by atoms with van der Waals surface area (Å²) in [5, 5.41) is 18.7. The van der Waals surface area contributed by atoms with Crippen molar-refractivity contribution < 1.29 is 14.6 Å². The Balaban J connectivity index is 2.27. The molecule has 0 saturated heterocycles. The first-order valence-electron chi connectivity index (χ1n) is 9.20. The van der Waals surface area contributed by atoms with Crippen molar-refractivity contribution in [3.8, 4) is 5.75 Å². The lowest BCUT2D eigenvalue weighted by Crippen LogP contribution is -2.41. The minimum Gasteiger partial charge on any atom is -0.507 e. The Labute approximate surface area is 156 Å². The van der Waals surface area contributed by atoms with Gasteiger partial charge in [0, 0.05) is 26.2 Å². The van der Waals surface area contributed by atoms with Gasteiger partial charge in [-0.25, -0.2) is 0 Å². The number of aliphatic imine (C=N–C) groups is 1. The van der Waals surface area contributed by atoms with Gasteiger partial charge < -0.3 is 25.8 Å². The van der Waals surface area contributed by atoms with Gasteiger partial charge in [0.1, 0.15) is 5.75 Å². The normalized spacial score (nSPS) is 11.5. The third kappa shape index (κ3) is 9.27. The number of nitrogens with zero attached hydrogens (tertiary/aromatic N) is 1. The molecule has 0 spiro atoms. The second kappa shape index (κ2) is 13.0. The van der Waals surface area contributed by atoms with Crippen LogP contribution in [-0.2, 0) is 4.74 Å². The van der Waals surface area contributed by atoms with Crippen molar-refractivity contribution in [2.45, 2.75) is 27.2 Å². The van der Waals surface area contributed by atoms with Crippen molar-refractivity contribution >= 4 is 11.9 Å². The Kier molecular flexibility index (Phi) is 10.9. The molecule has 1 amide bonds. The van der Waals surface area contributed by atoms with E-state index in [-0.39, 0.29) is 17.2 Å². The van der Waals surface area contributed by atoms with Gasteiger partial charge in [-0.1, -0.05) is 26.0 Å². The van der Waals surface area contributed by atoms with E-state index in [1.807, 2.05) is 6.92 Å². The van der Waals surface area contributed by atoms with Crippen molar-refractivity contribution in [2.75, 3.05) is 39.4 Å². The van der Waals surface area contributed by atoms with Gasteiger partial charge in [0.15, 0.2) is 5.96 Å². The molecule has 0 fully saturated rings. The Morgan fingerprint density at radius 1 is 1.15 bits per heavy atom. The summed E-state index contributed by atoms with van der Waals surface area (Å²) in [5.74, 6) is 1.01. The monoisotopic (exact) mass is 364 g/mol. The van der Waals surface area contributed by atoms with E-state index in [0.717, 1.165) is 19.6 Å². The zero-order valence-corrected chi connectivity index (χ0v) is 16.0. The van der Waals surface area contributed by atoms with Gasteiger partial charge in [-0.15, -0.1) is 0 Å². The fraction of sp³-hybridized carbons (Fsp3) is 0.579. The summed E-state index contributed by atoms with van der Waals surface area (Å²) in [6, 6.07) is 6.47. The number of para-hydroxylation sites is 1. The molecular formula is C19H32N4O3. The lowest BCUT2D eigenvalue weighted by Gasteiger charge is -2.12. The number of carbonyl (C=O) groups is 1. The van der Waals surface area contributed by atoms with E-state index in [1.165, 1.54) is 6.07 Å². The summed E-state index contributed by atoms with van der Waals surface area (Å²) in [6.07, 6.45) is 1.05. The summed E-state index contributed by atoms with van der Waals surface area (Å²) in [7, 11) is 0. The van der Waals surface area contributed by atoms with E-state index < -0.39 is 0 Å². The zero-order chi connectivity index (χ0) is 19.2. The van der Waals surface area contributed by atoms with Gasteiger partial charge >= 0.3 is 0 Å². The Hall–Kier alpha value is -2.28. The molecule has 0 aliphatic heterocycles. The highest BCUT2D eigenvalue weighted by molar-refractivity contribution is 5.96. The Bertz CT molecular complexity index is 561. The van der Waals surface area contributed by atoms with Gasteiger partial charge in [-0.2, -0.15) is 0 Å². The quantitative estimate of drug-likeness (QED) is 0.273. The van der Waals surface area contributed by atoms with Crippen molar-refractivity contribution in [1.82, 2.24) is 16.0 Å². The number of phenols is 1. The molecule has 1 aromatic rings. The van der Waals surface area contributed by atoms with Crippen LogP contribution in [0.4, 0.5) is 0 Å². The second-order valence-electron chi connectivity index (χ2n) is 6.26. The number of aromatic hydroxyl groups is 1. The summed E-state index contributed by atoms with van der Waals surface area (Å²) in [4.78, 5) is 16.4. The number of amides is 1. The topological polar surface area (TPSA) is 95.0 Å². The van der Waals surface area contributed by atoms with Gasteiger partial charge in [-0.3, -0.25) is 9.79 Å². The summed E-state index contributed by atoms with van der Waals surface area (Å²) in [6.45, 7) is 9.97. The largest absolute Gasteiger partial charge is 0.507 e. The standard InChI is InChI=1S/C19H32N4O3/c1-4-20-19(23-12-14-26-13-9-15(2)3)22-11-10-21-18(25)16-7-5-6-8-17(16)24/h5-8,15,24H,4,9-14H2,1-3H3,(H,21,25)(H2,20,22,23). The lowest BCUT2D eigenvalue weighted by atomic mass is 10.1. The first kappa shape index (κ1) is 21.8. The summed E-state index contributed by atoms with van der Waals surface area (Å²) in [5.41, 5.74) is 0.270. The molecule has 0 unspecified atom stereocenters. The van der Waals surface area contributed by atoms with Crippen LogP contribution in [0, 0.1) is 5.92 Å². The zero-order valence-electron chi connectivity index (χ0n) is 16.0. The highest BCUT2D eigenvalue weighted by Crippen LogP contribution is 2.14. The van der Waals surface area contributed by atoms with E-state index in [0.29, 0.717) is 38.1 Å². The average molecular weight is 364 g/mol. The smallest absolute Gasteiger partial charge is 0.255 e. The van der Waals surface area contributed by atoms with Crippen LogP contribution in [0.5, 0.6) is 5.75 Å². The van der Waals surface area contributed by atoms with E-state index in [4.69, 9.17) is 4.74 Å². The summed E-state index contributed by atoms with van der Waals surface area (Å²) >= 11 is 0. The molecule has 0 bridgehead atoms. The van der Waals surface area contributed by atoms with Crippen LogP contribution in [0.25, 0.3) is 0 Å². The maximum absolute atomic E-state index is 12.0. The second-order valence-corrected chi connectivity index (χ2v) is 6.26. The van der Waals surface area contributed by atoms with Crippen LogP contribution in [-0.4, -0.2) is 56.4 Å².